The third-order valence-corrected chi connectivity index (χ3v) is 2.20. The maximum Gasteiger partial charge on any atom is 0.0455 e. The topological polar surface area (TPSA) is 29.3 Å². The lowest BCUT2D eigenvalue weighted by Crippen LogP contribution is -2.24. The molecule has 0 aromatic heterocycles. The maximum atomic E-state index is 5.50. The van der Waals surface area contributed by atoms with Gasteiger partial charge in [-0.15, -0.1) is 0 Å². The van der Waals surface area contributed by atoms with E-state index in [9.17, 15) is 0 Å². The largest absolute Gasteiger partial charge is 0.318 e. The van der Waals surface area contributed by atoms with E-state index >= 15 is 0 Å². The van der Waals surface area contributed by atoms with Crippen molar-refractivity contribution in [3.63, 3.8) is 0 Å². The van der Waals surface area contributed by atoms with Crippen molar-refractivity contribution in [1.82, 2.24) is 4.90 Å². The van der Waals surface area contributed by atoms with Crippen molar-refractivity contribution in [3.8, 4) is 0 Å². The summed E-state index contributed by atoms with van der Waals surface area (Å²) < 4.78 is 0. The summed E-state index contributed by atoms with van der Waals surface area (Å²) in [6, 6.07) is 8.70. The van der Waals surface area contributed by atoms with E-state index in [4.69, 9.17) is 5.73 Å². The van der Waals surface area contributed by atoms with Gasteiger partial charge in [-0.1, -0.05) is 31.2 Å². The van der Waals surface area contributed by atoms with Crippen molar-refractivity contribution >= 4 is 0 Å². The first-order valence-corrected chi connectivity index (χ1v) is 4.72. The van der Waals surface area contributed by atoms with Crippen LogP contribution >= 0.6 is 0 Å². The molecular weight excluding hydrogens is 160 g/mol. The summed E-state index contributed by atoms with van der Waals surface area (Å²) in [7, 11) is 2.02. The fourth-order valence-corrected chi connectivity index (χ4v) is 1.26. The quantitative estimate of drug-likeness (QED) is 0.709. The van der Waals surface area contributed by atoms with Gasteiger partial charge in [0.05, 0.1) is 0 Å². The number of hydrogen-bond acceptors (Lipinski definition) is 2. The van der Waals surface area contributed by atoms with E-state index in [0.29, 0.717) is 6.67 Å². The van der Waals surface area contributed by atoms with Gasteiger partial charge >= 0.3 is 0 Å². The van der Waals surface area contributed by atoms with Crippen LogP contribution in [0.15, 0.2) is 24.3 Å². The second-order valence-electron chi connectivity index (χ2n) is 3.37. The molecule has 0 spiro atoms. The summed E-state index contributed by atoms with van der Waals surface area (Å²) in [6.45, 7) is 3.71. The van der Waals surface area contributed by atoms with Crippen LogP contribution in [-0.2, 0) is 13.0 Å². The summed E-state index contributed by atoms with van der Waals surface area (Å²) in [6.07, 6.45) is 1.10. The standard InChI is InChI=1S/C11H18N2/c1-3-10-4-6-11(7-5-10)8-13(2)9-12/h4-7H,3,8-9,12H2,1-2H3. The van der Waals surface area contributed by atoms with Crippen LogP contribution in [0.5, 0.6) is 0 Å². The van der Waals surface area contributed by atoms with Crippen LogP contribution in [-0.4, -0.2) is 18.6 Å². The van der Waals surface area contributed by atoms with Crippen LogP contribution in [0, 0.1) is 0 Å². The third kappa shape index (κ3) is 3.17. The average molecular weight is 178 g/mol. The zero-order valence-electron chi connectivity index (χ0n) is 8.46. The number of hydrogen-bond donors (Lipinski definition) is 1. The SMILES string of the molecule is CCc1ccc(CN(C)CN)cc1. The Morgan fingerprint density at radius 3 is 2.15 bits per heavy atom. The fraction of sp³-hybridized carbons (Fsp3) is 0.455. The second kappa shape index (κ2) is 5.00. The third-order valence-electron chi connectivity index (χ3n) is 2.20. The molecule has 0 radical (unpaired) electrons. The molecular formula is C11H18N2. The smallest absolute Gasteiger partial charge is 0.0455 e. The van der Waals surface area contributed by atoms with Gasteiger partial charge in [-0.05, 0) is 24.6 Å². The van der Waals surface area contributed by atoms with E-state index < -0.39 is 0 Å². The van der Waals surface area contributed by atoms with Gasteiger partial charge in [0.15, 0.2) is 0 Å². The van der Waals surface area contributed by atoms with Crippen molar-refractivity contribution in [2.24, 2.45) is 5.73 Å². The van der Waals surface area contributed by atoms with Gasteiger partial charge in [-0.25, -0.2) is 0 Å². The van der Waals surface area contributed by atoms with Crippen LogP contribution in [0.4, 0.5) is 0 Å². The van der Waals surface area contributed by atoms with E-state index in [1.807, 2.05) is 7.05 Å². The molecule has 0 fully saturated rings. The van der Waals surface area contributed by atoms with Gasteiger partial charge in [0.25, 0.3) is 0 Å². The Balaban J connectivity index is 2.58. The molecule has 1 rings (SSSR count). The number of aryl methyl sites for hydroxylation is 1. The Morgan fingerprint density at radius 1 is 1.15 bits per heavy atom. The highest BCUT2D eigenvalue weighted by Gasteiger charge is 1.97. The Kier molecular flexibility index (Phi) is 3.93. The molecule has 1 aromatic carbocycles. The molecule has 0 heterocycles. The van der Waals surface area contributed by atoms with Crippen molar-refractivity contribution in [2.45, 2.75) is 19.9 Å². The highest BCUT2D eigenvalue weighted by atomic mass is 15.1. The Bertz CT molecular complexity index is 241. The number of benzene rings is 1. The molecule has 2 N–H and O–H groups in total. The molecule has 1 aromatic rings. The van der Waals surface area contributed by atoms with Crippen LogP contribution in [0.1, 0.15) is 18.1 Å². The highest BCUT2D eigenvalue weighted by molar-refractivity contribution is 5.22. The molecule has 0 saturated carbocycles. The van der Waals surface area contributed by atoms with E-state index in [-0.39, 0.29) is 0 Å². The zero-order chi connectivity index (χ0) is 9.68. The van der Waals surface area contributed by atoms with Gasteiger partial charge in [-0.3, -0.25) is 4.90 Å². The summed E-state index contributed by atoms with van der Waals surface area (Å²) in [5.74, 6) is 0. The van der Waals surface area contributed by atoms with E-state index in [1.54, 1.807) is 0 Å². The zero-order valence-corrected chi connectivity index (χ0v) is 8.46. The van der Waals surface area contributed by atoms with Gasteiger partial charge < -0.3 is 5.73 Å². The van der Waals surface area contributed by atoms with Gasteiger partial charge in [0, 0.05) is 13.2 Å². The molecule has 0 aliphatic heterocycles. The van der Waals surface area contributed by atoms with Crippen molar-refractivity contribution in [3.05, 3.63) is 35.4 Å². The summed E-state index contributed by atoms with van der Waals surface area (Å²) >= 11 is 0. The Morgan fingerprint density at radius 2 is 1.69 bits per heavy atom. The number of nitrogens with zero attached hydrogens (tertiary/aromatic N) is 1. The van der Waals surface area contributed by atoms with Crippen LogP contribution in [0.25, 0.3) is 0 Å². The molecule has 0 aliphatic rings. The normalized spacial score (nSPS) is 10.8. The first kappa shape index (κ1) is 10.2. The van der Waals surface area contributed by atoms with E-state index in [1.165, 1.54) is 11.1 Å². The predicted molar refractivity (Wildman–Crippen MR) is 56.3 cm³/mol. The minimum Gasteiger partial charge on any atom is -0.318 e. The summed E-state index contributed by atoms with van der Waals surface area (Å²) in [5.41, 5.74) is 8.21. The molecule has 0 saturated heterocycles. The fourth-order valence-electron chi connectivity index (χ4n) is 1.26. The first-order valence-electron chi connectivity index (χ1n) is 4.72. The molecule has 2 heteroatoms. The lowest BCUT2D eigenvalue weighted by Gasteiger charge is -2.13. The molecule has 13 heavy (non-hydrogen) atoms. The molecule has 0 atom stereocenters. The molecule has 0 aliphatic carbocycles. The Hall–Kier alpha value is -0.860. The molecule has 0 amide bonds. The van der Waals surface area contributed by atoms with Crippen molar-refractivity contribution in [1.29, 1.82) is 0 Å². The van der Waals surface area contributed by atoms with Crippen LogP contribution in [0.2, 0.25) is 0 Å². The minimum absolute atomic E-state index is 0.607. The van der Waals surface area contributed by atoms with Gasteiger partial charge in [0.1, 0.15) is 0 Å². The maximum absolute atomic E-state index is 5.50. The summed E-state index contributed by atoms with van der Waals surface area (Å²) in [4.78, 5) is 2.08. The second-order valence-corrected chi connectivity index (χ2v) is 3.37. The molecule has 72 valence electrons. The number of nitrogens with two attached hydrogens (primary N) is 1. The molecule has 2 nitrogen and oxygen atoms in total. The first-order chi connectivity index (χ1) is 6.26. The number of rotatable bonds is 4. The minimum atomic E-state index is 0.607. The lowest BCUT2D eigenvalue weighted by atomic mass is 10.1. The predicted octanol–water partition coefficient (Wildman–Crippen LogP) is 1.60. The Labute approximate surface area is 80.4 Å². The van der Waals surface area contributed by atoms with Gasteiger partial charge in [0.2, 0.25) is 0 Å². The highest BCUT2D eigenvalue weighted by Crippen LogP contribution is 2.06. The molecule has 0 bridgehead atoms. The van der Waals surface area contributed by atoms with E-state index in [0.717, 1.165) is 13.0 Å². The van der Waals surface area contributed by atoms with Crippen LogP contribution < -0.4 is 5.73 Å². The van der Waals surface area contributed by atoms with Crippen LogP contribution in [0.3, 0.4) is 0 Å². The average Bonchev–Trinajstić information content (AvgIpc) is 2.19. The van der Waals surface area contributed by atoms with Crippen molar-refractivity contribution < 1.29 is 0 Å². The van der Waals surface area contributed by atoms with Crippen molar-refractivity contribution in [2.75, 3.05) is 13.7 Å². The summed E-state index contributed by atoms with van der Waals surface area (Å²) in [5, 5.41) is 0. The monoisotopic (exact) mass is 178 g/mol. The van der Waals surface area contributed by atoms with Gasteiger partial charge in [-0.2, -0.15) is 0 Å². The molecule has 0 unspecified atom stereocenters. The van der Waals surface area contributed by atoms with E-state index in [2.05, 4.69) is 36.1 Å². The lowest BCUT2D eigenvalue weighted by molar-refractivity contribution is 0.337.